The van der Waals surface area contributed by atoms with Gasteiger partial charge in [0.15, 0.2) is 6.04 Å². The van der Waals surface area contributed by atoms with Gasteiger partial charge in [-0.2, -0.15) is 0 Å². The molecule has 1 heterocycles. The number of aromatic nitrogens is 1. The number of benzene rings is 2. The van der Waals surface area contributed by atoms with Crippen molar-refractivity contribution in [3.8, 4) is 0 Å². The minimum Gasteiger partial charge on any atom is -0.467 e. The molecule has 0 spiro atoms. The average Bonchev–Trinajstić information content (AvgIpc) is 3.03. The van der Waals surface area contributed by atoms with E-state index in [2.05, 4.69) is 10.3 Å². The van der Waals surface area contributed by atoms with E-state index in [1.165, 1.54) is 7.11 Å². The highest BCUT2D eigenvalue weighted by atomic mass is 16.5. The molecule has 2 N–H and O–H groups in total. The highest BCUT2D eigenvalue weighted by molar-refractivity contribution is 5.91. The van der Waals surface area contributed by atoms with E-state index in [1.807, 2.05) is 48.7 Å². The van der Waals surface area contributed by atoms with Gasteiger partial charge < -0.3 is 15.0 Å². The van der Waals surface area contributed by atoms with Crippen LogP contribution in [0.1, 0.15) is 17.2 Å². The Balaban J connectivity index is 1.77. The molecule has 0 saturated carbocycles. The molecule has 0 radical (unpaired) electrons. The van der Waals surface area contributed by atoms with Crippen LogP contribution >= 0.6 is 0 Å². The number of esters is 1. The second-order valence-electron chi connectivity index (χ2n) is 5.47. The fourth-order valence-electron chi connectivity index (χ4n) is 2.70. The first-order valence-corrected chi connectivity index (χ1v) is 7.66. The lowest BCUT2D eigenvalue weighted by atomic mass is 10.1. The summed E-state index contributed by atoms with van der Waals surface area (Å²) in [6.07, 6.45) is 2.00. The second-order valence-corrected chi connectivity index (χ2v) is 5.47. The number of carbonyl (C=O) groups excluding carboxylic acids is 2. The Morgan fingerprint density at radius 1 is 1.08 bits per heavy atom. The van der Waals surface area contributed by atoms with Crippen molar-refractivity contribution in [3.05, 3.63) is 71.9 Å². The average molecular weight is 322 g/mol. The van der Waals surface area contributed by atoms with Crippen LogP contribution in [0.5, 0.6) is 0 Å². The largest absolute Gasteiger partial charge is 0.467 e. The van der Waals surface area contributed by atoms with Crippen molar-refractivity contribution in [1.82, 2.24) is 10.3 Å². The van der Waals surface area contributed by atoms with Gasteiger partial charge in [-0.3, -0.25) is 4.79 Å². The SMILES string of the molecule is COC(=O)[C@@H](NC(=O)Cc1c[nH]c2ccccc12)c1ccccc1. The number of aromatic amines is 1. The number of amides is 1. The maximum absolute atomic E-state index is 12.4. The Labute approximate surface area is 139 Å². The molecule has 3 rings (SSSR count). The zero-order chi connectivity index (χ0) is 16.9. The standard InChI is InChI=1S/C19H18N2O3/c1-24-19(23)18(13-7-3-2-4-8-13)21-17(22)11-14-12-20-16-10-6-5-9-15(14)16/h2-10,12,18,20H,11H2,1H3,(H,21,22)/t18-/m0/s1. The first-order valence-electron chi connectivity index (χ1n) is 7.66. The molecule has 5 nitrogen and oxygen atoms in total. The summed E-state index contributed by atoms with van der Waals surface area (Å²) in [7, 11) is 1.31. The lowest BCUT2D eigenvalue weighted by Gasteiger charge is -2.16. The highest BCUT2D eigenvalue weighted by Crippen LogP contribution is 2.19. The van der Waals surface area contributed by atoms with Crippen molar-refractivity contribution in [2.24, 2.45) is 0 Å². The Morgan fingerprint density at radius 2 is 1.79 bits per heavy atom. The molecule has 0 fully saturated rings. The fraction of sp³-hybridized carbons (Fsp3) is 0.158. The van der Waals surface area contributed by atoms with Gasteiger partial charge in [-0.05, 0) is 17.2 Å². The molecule has 24 heavy (non-hydrogen) atoms. The van der Waals surface area contributed by atoms with E-state index in [4.69, 9.17) is 4.74 Å². The maximum atomic E-state index is 12.4. The third-order valence-corrected chi connectivity index (χ3v) is 3.90. The van der Waals surface area contributed by atoms with Gasteiger partial charge in [0.2, 0.25) is 5.91 Å². The number of fused-ring (bicyclic) bond motifs is 1. The van der Waals surface area contributed by atoms with Gasteiger partial charge in [0.05, 0.1) is 13.5 Å². The molecule has 0 saturated heterocycles. The molecule has 1 aromatic heterocycles. The van der Waals surface area contributed by atoms with Gasteiger partial charge in [0.1, 0.15) is 0 Å². The van der Waals surface area contributed by atoms with E-state index < -0.39 is 12.0 Å². The molecule has 122 valence electrons. The Morgan fingerprint density at radius 3 is 2.54 bits per heavy atom. The van der Waals surface area contributed by atoms with E-state index >= 15 is 0 Å². The van der Waals surface area contributed by atoms with Crippen LogP contribution < -0.4 is 5.32 Å². The zero-order valence-electron chi connectivity index (χ0n) is 13.3. The summed E-state index contributed by atoms with van der Waals surface area (Å²) in [6, 6.07) is 16.0. The van der Waals surface area contributed by atoms with E-state index in [0.29, 0.717) is 5.56 Å². The monoisotopic (exact) mass is 322 g/mol. The third-order valence-electron chi connectivity index (χ3n) is 3.90. The number of H-pyrrole nitrogens is 1. The lowest BCUT2D eigenvalue weighted by molar-refractivity contribution is -0.145. The summed E-state index contributed by atoms with van der Waals surface area (Å²) in [6.45, 7) is 0. The molecule has 0 bridgehead atoms. The number of ether oxygens (including phenoxy) is 1. The summed E-state index contributed by atoms with van der Waals surface area (Å²) in [4.78, 5) is 27.6. The molecule has 0 unspecified atom stereocenters. The molecule has 3 aromatic rings. The second kappa shape index (κ2) is 7.00. The maximum Gasteiger partial charge on any atom is 0.333 e. The van der Waals surface area contributed by atoms with Crippen molar-refractivity contribution in [1.29, 1.82) is 0 Å². The van der Waals surface area contributed by atoms with E-state index in [1.54, 1.807) is 12.1 Å². The Kier molecular flexibility index (Phi) is 4.61. The lowest BCUT2D eigenvalue weighted by Crippen LogP contribution is -2.35. The molecule has 0 aliphatic rings. The number of hydrogen-bond acceptors (Lipinski definition) is 3. The summed E-state index contributed by atoms with van der Waals surface area (Å²) in [5, 5.41) is 3.76. The van der Waals surface area contributed by atoms with Crippen LogP contribution in [0.25, 0.3) is 10.9 Å². The minimum absolute atomic E-state index is 0.185. The first-order chi connectivity index (χ1) is 11.7. The topological polar surface area (TPSA) is 71.2 Å². The van der Waals surface area contributed by atoms with Gasteiger partial charge in [-0.15, -0.1) is 0 Å². The zero-order valence-corrected chi connectivity index (χ0v) is 13.3. The van der Waals surface area contributed by atoms with Crippen LogP contribution in [0.4, 0.5) is 0 Å². The highest BCUT2D eigenvalue weighted by Gasteiger charge is 2.23. The molecule has 1 amide bonds. The fourth-order valence-corrected chi connectivity index (χ4v) is 2.70. The number of carbonyl (C=O) groups is 2. The predicted molar refractivity (Wildman–Crippen MR) is 91.3 cm³/mol. The molecular formula is C19H18N2O3. The predicted octanol–water partition coefficient (Wildman–Crippen LogP) is 2.74. The normalized spacial score (nSPS) is 11.9. The van der Waals surface area contributed by atoms with Crippen LogP contribution in [0.2, 0.25) is 0 Å². The number of hydrogen-bond donors (Lipinski definition) is 2. The van der Waals surface area contributed by atoms with E-state index in [-0.39, 0.29) is 12.3 Å². The van der Waals surface area contributed by atoms with Crippen LogP contribution in [-0.4, -0.2) is 24.0 Å². The van der Waals surface area contributed by atoms with Crippen molar-refractivity contribution in [2.45, 2.75) is 12.5 Å². The Hall–Kier alpha value is -3.08. The van der Waals surface area contributed by atoms with E-state index in [9.17, 15) is 9.59 Å². The molecule has 0 aliphatic carbocycles. The Bertz CT molecular complexity index is 855. The van der Waals surface area contributed by atoms with Gasteiger partial charge in [0, 0.05) is 17.1 Å². The van der Waals surface area contributed by atoms with Crippen molar-refractivity contribution in [3.63, 3.8) is 0 Å². The number of nitrogens with one attached hydrogen (secondary N) is 2. The summed E-state index contributed by atoms with van der Waals surface area (Å²) >= 11 is 0. The van der Waals surface area contributed by atoms with E-state index in [0.717, 1.165) is 16.5 Å². The first kappa shape index (κ1) is 15.8. The van der Waals surface area contributed by atoms with Gasteiger partial charge >= 0.3 is 5.97 Å². The third kappa shape index (κ3) is 3.30. The molecule has 1 atom stereocenters. The van der Waals surface area contributed by atoms with Gasteiger partial charge in [-0.25, -0.2) is 4.79 Å². The summed E-state index contributed by atoms with van der Waals surface area (Å²) < 4.78 is 4.81. The molecule has 5 heteroatoms. The quantitative estimate of drug-likeness (QED) is 0.710. The van der Waals surface area contributed by atoms with Crippen molar-refractivity contribution < 1.29 is 14.3 Å². The van der Waals surface area contributed by atoms with Crippen LogP contribution in [-0.2, 0) is 20.7 Å². The molecule has 2 aromatic carbocycles. The number of rotatable bonds is 5. The van der Waals surface area contributed by atoms with Crippen molar-refractivity contribution in [2.75, 3.05) is 7.11 Å². The van der Waals surface area contributed by atoms with Crippen molar-refractivity contribution >= 4 is 22.8 Å². The molecule has 0 aliphatic heterocycles. The summed E-state index contributed by atoms with van der Waals surface area (Å²) in [5.41, 5.74) is 2.56. The van der Waals surface area contributed by atoms with Gasteiger partial charge in [-0.1, -0.05) is 48.5 Å². The van der Waals surface area contributed by atoms with Crippen LogP contribution in [0.15, 0.2) is 60.8 Å². The van der Waals surface area contributed by atoms with Crippen LogP contribution in [0, 0.1) is 0 Å². The molecular weight excluding hydrogens is 304 g/mol. The minimum atomic E-state index is -0.811. The van der Waals surface area contributed by atoms with Gasteiger partial charge in [0.25, 0.3) is 0 Å². The smallest absolute Gasteiger partial charge is 0.333 e. The number of para-hydroxylation sites is 1. The number of methoxy groups -OCH3 is 1. The summed E-state index contributed by atoms with van der Waals surface area (Å²) in [5.74, 6) is -0.729. The van der Waals surface area contributed by atoms with Crippen LogP contribution in [0.3, 0.4) is 0 Å².